The zero-order valence-corrected chi connectivity index (χ0v) is 19.5. The van der Waals surface area contributed by atoms with Crippen molar-refractivity contribution in [3.05, 3.63) is 62.4 Å². The third-order valence-electron chi connectivity index (χ3n) is 5.67. The molecule has 1 fully saturated rings. The molecule has 1 aliphatic carbocycles. The SMILES string of the molecule is COC(=O)COc1ccccc1C1(c2nc(-c3cc(C)c(OC)cc3Cl)c(C)s2)CC1. The monoisotopic (exact) mass is 457 g/mol. The van der Waals surface area contributed by atoms with Crippen LogP contribution in [0, 0.1) is 13.8 Å². The zero-order valence-electron chi connectivity index (χ0n) is 18.0. The van der Waals surface area contributed by atoms with Gasteiger partial charge in [-0.2, -0.15) is 0 Å². The quantitative estimate of drug-likeness (QED) is 0.424. The van der Waals surface area contributed by atoms with Crippen LogP contribution >= 0.6 is 22.9 Å². The molecule has 0 radical (unpaired) electrons. The number of methoxy groups -OCH3 is 2. The largest absolute Gasteiger partial charge is 0.496 e. The maximum atomic E-state index is 11.6. The number of halogens is 1. The molecular formula is C24H24ClNO4S. The fraction of sp³-hybridized carbons (Fsp3) is 0.333. The number of esters is 1. The Bertz CT molecular complexity index is 1140. The third-order valence-corrected chi connectivity index (χ3v) is 7.16. The van der Waals surface area contributed by atoms with Gasteiger partial charge in [-0.1, -0.05) is 29.8 Å². The van der Waals surface area contributed by atoms with Gasteiger partial charge in [-0.3, -0.25) is 0 Å². The van der Waals surface area contributed by atoms with Crippen molar-refractivity contribution in [2.75, 3.05) is 20.8 Å². The summed E-state index contributed by atoms with van der Waals surface area (Å²) < 4.78 is 15.9. The summed E-state index contributed by atoms with van der Waals surface area (Å²) in [5, 5.41) is 1.66. The molecule has 1 heterocycles. The van der Waals surface area contributed by atoms with E-state index in [9.17, 15) is 4.79 Å². The Kier molecular flexibility index (Phi) is 5.95. The van der Waals surface area contributed by atoms with Crippen molar-refractivity contribution in [3.8, 4) is 22.8 Å². The average molecular weight is 458 g/mol. The fourth-order valence-corrected chi connectivity index (χ4v) is 5.25. The molecule has 0 N–H and O–H groups in total. The normalized spacial score (nSPS) is 14.2. The summed E-state index contributed by atoms with van der Waals surface area (Å²) in [6.07, 6.45) is 1.96. The highest BCUT2D eigenvalue weighted by Gasteiger charge is 2.50. The van der Waals surface area contributed by atoms with Gasteiger partial charge < -0.3 is 14.2 Å². The Balaban J connectivity index is 1.72. The highest BCUT2D eigenvalue weighted by atomic mass is 35.5. The minimum absolute atomic E-state index is 0.119. The molecule has 0 spiro atoms. The maximum absolute atomic E-state index is 11.6. The van der Waals surface area contributed by atoms with Crippen molar-refractivity contribution in [2.45, 2.75) is 32.1 Å². The van der Waals surface area contributed by atoms with E-state index in [1.165, 1.54) is 7.11 Å². The molecule has 3 aromatic rings. The molecule has 0 unspecified atom stereocenters. The Morgan fingerprint density at radius 3 is 2.58 bits per heavy atom. The van der Waals surface area contributed by atoms with Crippen LogP contribution in [-0.4, -0.2) is 31.8 Å². The van der Waals surface area contributed by atoms with Gasteiger partial charge in [0.2, 0.25) is 0 Å². The van der Waals surface area contributed by atoms with E-state index in [0.29, 0.717) is 10.8 Å². The van der Waals surface area contributed by atoms with Crippen LogP contribution in [0.2, 0.25) is 5.02 Å². The Labute approximate surface area is 190 Å². The van der Waals surface area contributed by atoms with Gasteiger partial charge in [-0.15, -0.1) is 11.3 Å². The van der Waals surface area contributed by atoms with E-state index in [1.54, 1.807) is 18.4 Å². The van der Waals surface area contributed by atoms with Gasteiger partial charge in [-0.05, 0) is 50.5 Å². The first-order valence-electron chi connectivity index (χ1n) is 10.0. The molecule has 0 amide bonds. The predicted molar refractivity (Wildman–Crippen MR) is 123 cm³/mol. The van der Waals surface area contributed by atoms with Crippen LogP contribution in [0.4, 0.5) is 0 Å². The number of ether oxygens (including phenoxy) is 3. The van der Waals surface area contributed by atoms with Crippen molar-refractivity contribution in [1.82, 2.24) is 4.98 Å². The first-order chi connectivity index (χ1) is 14.9. The molecule has 4 rings (SSSR count). The van der Waals surface area contributed by atoms with Crippen molar-refractivity contribution in [3.63, 3.8) is 0 Å². The van der Waals surface area contributed by atoms with Gasteiger partial charge in [0.1, 0.15) is 16.5 Å². The average Bonchev–Trinajstić information content (AvgIpc) is 3.49. The molecule has 2 aromatic carbocycles. The highest BCUT2D eigenvalue weighted by Crippen LogP contribution is 2.57. The number of aryl methyl sites for hydroxylation is 2. The standard InChI is InChI=1S/C24H24ClNO4S/c1-14-11-16(18(25)12-20(14)28-3)22-15(2)31-23(26-22)24(9-10-24)17-7-5-6-8-19(17)30-13-21(27)29-4/h5-8,11-12H,9-10,13H2,1-4H3. The van der Waals surface area contributed by atoms with Gasteiger partial charge in [-0.25, -0.2) is 9.78 Å². The number of hydrogen-bond acceptors (Lipinski definition) is 6. The molecule has 5 nitrogen and oxygen atoms in total. The zero-order chi connectivity index (χ0) is 22.2. The van der Waals surface area contributed by atoms with E-state index in [1.807, 2.05) is 37.3 Å². The number of aromatic nitrogens is 1. The second-order valence-electron chi connectivity index (χ2n) is 7.67. The van der Waals surface area contributed by atoms with Gasteiger partial charge in [0, 0.05) is 16.0 Å². The van der Waals surface area contributed by atoms with Gasteiger partial charge >= 0.3 is 5.97 Å². The number of hydrogen-bond donors (Lipinski definition) is 0. The van der Waals surface area contributed by atoms with Crippen LogP contribution < -0.4 is 9.47 Å². The second kappa shape index (κ2) is 8.52. The molecule has 0 saturated heterocycles. The summed E-state index contributed by atoms with van der Waals surface area (Å²) in [4.78, 5) is 17.7. The Hall–Kier alpha value is -2.57. The van der Waals surface area contributed by atoms with E-state index >= 15 is 0 Å². The van der Waals surface area contributed by atoms with E-state index in [-0.39, 0.29) is 12.0 Å². The molecule has 0 aliphatic heterocycles. The van der Waals surface area contributed by atoms with Crippen LogP contribution in [-0.2, 0) is 14.9 Å². The summed E-state index contributed by atoms with van der Waals surface area (Å²) in [7, 11) is 2.99. The Morgan fingerprint density at radius 2 is 1.90 bits per heavy atom. The van der Waals surface area contributed by atoms with Crippen LogP contribution in [0.1, 0.15) is 33.9 Å². The van der Waals surface area contributed by atoms with Crippen molar-refractivity contribution >= 4 is 28.9 Å². The van der Waals surface area contributed by atoms with Gasteiger partial charge in [0.05, 0.1) is 30.4 Å². The van der Waals surface area contributed by atoms with Crippen molar-refractivity contribution in [1.29, 1.82) is 0 Å². The number of benzene rings is 2. The van der Waals surface area contributed by atoms with Crippen molar-refractivity contribution < 1.29 is 19.0 Å². The molecule has 0 bridgehead atoms. The lowest BCUT2D eigenvalue weighted by Gasteiger charge is -2.17. The van der Waals surface area contributed by atoms with E-state index in [0.717, 1.165) is 50.9 Å². The number of rotatable bonds is 7. The minimum atomic E-state index is -0.406. The smallest absolute Gasteiger partial charge is 0.343 e. The van der Waals surface area contributed by atoms with E-state index < -0.39 is 5.97 Å². The lowest BCUT2D eigenvalue weighted by molar-refractivity contribution is -0.142. The molecule has 1 aliphatic rings. The molecular weight excluding hydrogens is 434 g/mol. The predicted octanol–water partition coefficient (Wildman–Crippen LogP) is 5.72. The van der Waals surface area contributed by atoms with Crippen LogP contribution in [0.25, 0.3) is 11.3 Å². The summed E-state index contributed by atoms with van der Waals surface area (Å²) in [5.41, 5.74) is 3.67. The van der Waals surface area contributed by atoms with Crippen LogP contribution in [0.5, 0.6) is 11.5 Å². The number of carbonyl (C=O) groups excluding carboxylic acids is 1. The number of para-hydroxylation sites is 1. The maximum Gasteiger partial charge on any atom is 0.343 e. The molecule has 1 aromatic heterocycles. The van der Waals surface area contributed by atoms with Crippen LogP contribution in [0.15, 0.2) is 36.4 Å². The van der Waals surface area contributed by atoms with Crippen molar-refractivity contribution in [2.24, 2.45) is 0 Å². The topological polar surface area (TPSA) is 57.7 Å². The second-order valence-corrected chi connectivity index (χ2v) is 9.28. The lowest BCUT2D eigenvalue weighted by Crippen LogP contribution is -2.16. The third kappa shape index (κ3) is 4.02. The fourth-order valence-electron chi connectivity index (χ4n) is 3.82. The minimum Gasteiger partial charge on any atom is -0.496 e. The highest BCUT2D eigenvalue weighted by molar-refractivity contribution is 7.12. The van der Waals surface area contributed by atoms with Gasteiger partial charge in [0.15, 0.2) is 6.61 Å². The summed E-state index contributed by atoms with van der Waals surface area (Å²) in [6.45, 7) is 3.95. The summed E-state index contributed by atoms with van der Waals surface area (Å²) in [6, 6.07) is 11.7. The Morgan fingerprint density at radius 1 is 1.16 bits per heavy atom. The molecule has 31 heavy (non-hydrogen) atoms. The number of nitrogens with zero attached hydrogens (tertiary/aromatic N) is 1. The molecule has 1 saturated carbocycles. The number of carbonyl (C=O) groups is 1. The summed E-state index contributed by atoms with van der Waals surface area (Å²) >= 11 is 8.26. The molecule has 0 atom stereocenters. The number of thiazole rings is 1. The molecule has 7 heteroatoms. The first-order valence-corrected chi connectivity index (χ1v) is 11.2. The van der Waals surface area contributed by atoms with Crippen LogP contribution in [0.3, 0.4) is 0 Å². The van der Waals surface area contributed by atoms with E-state index in [2.05, 4.69) is 13.0 Å². The van der Waals surface area contributed by atoms with E-state index in [4.69, 9.17) is 30.8 Å². The first kappa shape index (κ1) is 21.7. The lowest BCUT2D eigenvalue weighted by atomic mass is 9.95. The molecule has 162 valence electrons. The van der Waals surface area contributed by atoms with Gasteiger partial charge in [0.25, 0.3) is 0 Å². The summed E-state index contributed by atoms with van der Waals surface area (Å²) in [5.74, 6) is 1.05.